The Hall–Kier alpha value is -1.77. The minimum absolute atomic E-state index is 0.0422. The highest BCUT2D eigenvalue weighted by Gasteiger charge is 2.33. The Labute approximate surface area is 160 Å². The van der Waals surface area contributed by atoms with Crippen LogP contribution in [0.3, 0.4) is 0 Å². The molecule has 0 unspecified atom stereocenters. The molecule has 0 bridgehead atoms. The Morgan fingerprint density at radius 3 is 2.30 bits per heavy atom. The van der Waals surface area contributed by atoms with Crippen LogP contribution in [0.25, 0.3) is 0 Å². The lowest BCUT2D eigenvalue weighted by atomic mass is 10.2. The van der Waals surface area contributed by atoms with Crippen molar-refractivity contribution in [2.24, 2.45) is 5.92 Å². The number of carbonyl (C=O) groups is 2. The first kappa shape index (κ1) is 20.0. The van der Waals surface area contributed by atoms with E-state index in [1.165, 1.54) is 36.2 Å². The van der Waals surface area contributed by atoms with E-state index in [1.807, 2.05) is 6.92 Å². The average molecular weight is 395 g/mol. The summed E-state index contributed by atoms with van der Waals surface area (Å²) in [5, 5.41) is 3.05. The van der Waals surface area contributed by atoms with Crippen LogP contribution in [0.2, 0.25) is 0 Å². The zero-order valence-corrected chi connectivity index (χ0v) is 16.7. The summed E-state index contributed by atoms with van der Waals surface area (Å²) in [6.07, 6.45) is 2.39. The minimum atomic E-state index is -3.57. The molecule has 2 fully saturated rings. The van der Waals surface area contributed by atoms with Crippen molar-refractivity contribution < 1.29 is 22.9 Å². The Bertz CT molecular complexity index is 795. The molecule has 2 N–H and O–H groups in total. The second-order valence-corrected chi connectivity index (χ2v) is 9.54. The lowest BCUT2D eigenvalue weighted by Gasteiger charge is -2.31. The van der Waals surface area contributed by atoms with Crippen molar-refractivity contribution >= 4 is 21.7 Å². The highest BCUT2D eigenvalue weighted by atomic mass is 32.2. The Balaban J connectivity index is 1.52. The van der Waals surface area contributed by atoms with Crippen LogP contribution < -0.4 is 10.2 Å². The summed E-state index contributed by atoms with van der Waals surface area (Å²) in [5.74, 6) is 0.575. The molecule has 0 radical (unpaired) electrons. The Morgan fingerprint density at radius 2 is 1.78 bits per heavy atom. The molecule has 3 rings (SSSR count). The van der Waals surface area contributed by atoms with Gasteiger partial charge in [0.05, 0.1) is 31.1 Å². The van der Waals surface area contributed by atoms with Crippen molar-refractivity contribution in [2.45, 2.75) is 37.6 Å². The number of nitrogens with one attached hydrogen (secondary N) is 2. The van der Waals surface area contributed by atoms with Gasteiger partial charge in [0, 0.05) is 11.6 Å². The van der Waals surface area contributed by atoms with Crippen molar-refractivity contribution in [3.8, 4) is 0 Å². The van der Waals surface area contributed by atoms with Crippen LogP contribution in [-0.2, 0) is 14.8 Å². The number of piperazine rings is 1. The topological polar surface area (TPSA) is 88.0 Å². The Kier molecular flexibility index (Phi) is 5.98. The van der Waals surface area contributed by atoms with Crippen LogP contribution in [0.4, 0.5) is 0 Å². The van der Waals surface area contributed by atoms with E-state index < -0.39 is 10.0 Å². The van der Waals surface area contributed by atoms with Crippen molar-refractivity contribution in [1.82, 2.24) is 9.62 Å². The molecule has 8 heteroatoms. The molecule has 1 saturated carbocycles. The van der Waals surface area contributed by atoms with Crippen LogP contribution >= 0.6 is 0 Å². The van der Waals surface area contributed by atoms with Crippen molar-refractivity contribution in [1.29, 1.82) is 0 Å². The molecule has 27 heavy (non-hydrogen) atoms. The van der Waals surface area contributed by atoms with Gasteiger partial charge in [-0.05, 0) is 44.7 Å². The van der Waals surface area contributed by atoms with Gasteiger partial charge in [-0.15, -0.1) is 0 Å². The van der Waals surface area contributed by atoms with Gasteiger partial charge in [-0.25, -0.2) is 8.42 Å². The zero-order chi connectivity index (χ0) is 19.6. The molecular formula is C19H28N3O4S+. The van der Waals surface area contributed by atoms with Crippen LogP contribution in [-0.4, -0.2) is 63.2 Å². The molecule has 1 saturated heterocycles. The van der Waals surface area contributed by atoms with Gasteiger partial charge in [0.1, 0.15) is 0 Å². The third kappa shape index (κ3) is 4.94. The SMILES string of the molecule is CC(=O)c1ccc(S(=O)(=O)N2CC[NH+](CC(=O)N[C@H](C)C3CC3)CC2)cc1. The fourth-order valence-electron chi connectivity index (χ4n) is 3.48. The number of quaternary nitrogens is 1. The van der Waals surface area contributed by atoms with E-state index in [4.69, 9.17) is 0 Å². The van der Waals surface area contributed by atoms with Gasteiger partial charge in [-0.1, -0.05) is 12.1 Å². The number of sulfonamides is 1. The number of hydrogen-bond acceptors (Lipinski definition) is 4. The van der Waals surface area contributed by atoms with Crippen LogP contribution in [0, 0.1) is 5.92 Å². The second-order valence-electron chi connectivity index (χ2n) is 7.61. The average Bonchev–Trinajstić information content (AvgIpc) is 3.47. The summed E-state index contributed by atoms with van der Waals surface area (Å²) < 4.78 is 27.0. The molecule has 1 aromatic carbocycles. The molecule has 148 valence electrons. The summed E-state index contributed by atoms with van der Waals surface area (Å²) in [6, 6.07) is 6.29. The molecule has 1 atom stereocenters. The van der Waals surface area contributed by atoms with Crippen LogP contribution in [0.5, 0.6) is 0 Å². The normalized spacial score (nSPS) is 20.2. The number of benzene rings is 1. The largest absolute Gasteiger partial charge is 0.348 e. The van der Waals surface area contributed by atoms with E-state index in [0.717, 1.165) is 4.90 Å². The van der Waals surface area contributed by atoms with Crippen molar-refractivity contribution in [3.05, 3.63) is 29.8 Å². The zero-order valence-electron chi connectivity index (χ0n) is 15.9. The first-order chi connectivity index (χ1) is 12.8. The van der Waals surface area contributed by atoms with Gasteiger partial charge in [-0.2, -0.15) is 4.31 Å². The van der Waals surface area contributed by atoms with Gasteiger partial charge in [0.25, 0.3) is 5.91 Å². The maximum Gasteiger partial charge on any atom is 0.275 e. The van der Waals surface area contributed by atoms with Crippen LogP contribution in [0.15, 0.2) is 29.2 Å². The standard InChI is InChI=1S/C19H27N3O4S/c1-14(16-3-4-16)20-19(24)13-21-9-11-22(12-10-21)27(25,26)18-7-5-17(6-8-18)15(2)23/h5-8,14,16H,3-4,9-13H2,1-2H3,(H,20,24)/p+1/t14-/m1/s1. The van der Waals surface area contributed by atoms with E-state index >= 15 is 0 Å². The van der Waals surface area contributed by atoms with Gasteiger partial charge < -0.3 is 10.2 Å². The van der Waals surface area contributed by atoms with Crippen molar-refractivity contribution in [3.63, 3.8) is 0 Å². The molecule has 1 amide bonds. The maximum atomic E-state index is 12.8. The third-order valence-electron chi connectivity index (χ3n) is 5.46. The molecular weight excluding hydrogens is 366 g/mol. The lowest BCUT2D eigenvalue weighted by Crippen LogP contribution is -3.15. The van der Waals surface area contributed by atoms with Gasteiger partial charge >= 0.3 is 0 Å². The summed E-state index contributed by atoms with van der Waals surface area (Å²) in [4.78, 5) is 24.8. The summed E-state index contributed by atoms with van der Waals surface area (Å²) >= 11 is 0. The number of amides is 1. The van der Waals surface area contributed by atoms with E-state index in [2.05, 4.69) is 5.32 Å². The molecule has 0 aromatic heterocycles. The molecule has 7 nitrogen and oxygen atoms in total. The lowest BCUT2D eigenvalue weighted by molar-refractivity contribution is -0.895. The molecule has 1 aromatic rings. The number of rotatable bonds is 7. The molecule has 2 aliphatic rings. The van der Waals surface area contributed by atoms with E-state index in [0.29, 0.717) is 44.2 Å². The monoisotopic (exact) mass is 394 g/mol. The smallest absolute Gasteiger partial charge is 0.275 e. The predicted molar refractivity (Wildman–Crippen MR) is 101 cm³/mol. The highest BCUT2D eigenvalue weighted by Crippen LogP contribution is 2.32. The summed E-state index contributed by atoms with van der Waals surface area (Å²) in [6.45, 7) is 5.87. The highest BCUT2D eigenvalue weighted by molar-refractivity contribution is 7.89. The molecule has 1 aliphatic heterocycles. The first-order valence-corrected chi connectivity index (χ1v) is 11.0. The summed E-state index contributed by atoms with van der Waals surface area (Å²) in [5.41, 5.74) is 0.495. The fraction of sp³-hybridized carbons (Fsp3) is 0.579. The summed E-state index contributed by atoms with van der Waals surface area (Å²) in [7, 11) is -3.57. The van der Waals surface area contributed by atoms with Gasteiger partial charge in [-0.3, -0.25) is 9.59 Å². The quantitative estimate of drug-likeness (QED) is 0.621. The first-order valence-electron chi connectivity index (χ1n) is 9.51. The third-order valence-corrected chi connectivity index (χ3v) is 7.37. The number of Topliss-reactive ketones (excluding diaryl/α,β-unsaturated/α-hetero) is 1. The molecule has 0 spiro atoms. The van der Waals surface area contributed by atoms with E-state index in [9.17, 15) is 18.0 Å². The van der Waals surface area contributed by atoms with Gasteiger partial charge in [0.2, 0.25) is 10.0 Å². The van der Waals surface area contributed by atoms with Gasteiger partial charge in [0.15, 0.2) is 12.3 Å². The fourth-order valence-corrected chi connectivity index (χ4v) is 4.92. The number of ketones is 1. The number of carbonyl (C=O) groups excluding carboxylic acids is 2. The van der Waals surface area contributed by atoms with E-state index in [1.54, 1.807) is 12.1 Å². The predicted octanol–water partition coefficient (Wildman–Crippen LogP) is -0.307. The Morgan fingerprint density at radius 1 is 1.19 bits per heavy atom. The van der Waals surface area contributed by atoms with Crippen molar-refractivity contribution in [2.75, 3.05) is 32.7 Å². The molecule has 1 aliphatic carbocycles. The second kappa shape index (κ2) is 8.08. The van der Waals surface area contributed by atoms with E-state index in [-0.39, 0.29) is 22.6 Å². The molecule has 1 heterocycles. The maximum absolute atomic E-state index is 12.8. The van der Waals surface area contributed by atoms with Crippen LogP contribution in [0.1, 0.15) is 37.0 Å². The number of hydrogen-bond donors (Lipinski definition) is 2. The minimum Gasteiger partial charge on any atom is -0.348 e. The number of nitrogens with zero attached hydrogens (tertiary/aromatic N) is 1.